The predicted octanol–water partition coefficient (Wildman–Crippen LogP) is 1.22. The summed E-state index contributed by atoms with van der Waals surface area (Å²) in [5.74, 6) is 0.573. The molecule has 3 aromatic heterocycles. The summed E-state index contributed by atoms with van der Waals surface area (Å²) in [6.07, 6.45) is 7.59. The average Bonchev–Trinajstić information content (AvgIpc) is 3.19. The first-order valence-electron chi connectivity index (χ1n) is 10.8. The van der Waals surface area contributed by atoms with E-state index in [0.717, 1.165) is 25.9 Å². The van der Waals surface area contributed by atoms with Gasteiger partial charge in [-0.15, -0.1) is 10.2 Å². The molecule has 0 unspecified atom stereocenters. The first-order valence-corrected chi connectivity index (χ1v) is 10.8. The molecule has 2 aliphatic rings. The van der Waals surface area contributed by atoms with Crippen LogP contribution in [0, 0.1) is 6.92 Å². The summed E-state index contributed by atoms with van der Waals surface area (Å²) in [5.41, 5.74) is 1.10. The standard InChI is InChI=1S/C21H27N7O2/c1-15-23-24-20-21(30)27(17-6-5-9-22-19(17)28(15)20)14-18(29)26-12-7-16(8-13-26)25-10-3-2-4-11-25/h5-6,9,16H,2-4,7-8,10-14H2,1H3. The lowest BCUT2D eigenvalue weighted by atomic mass is 10.00. The molecule has 9 nitrogen and oxygen atoms in total. The van der Waals surface area contributed by atoms with Gasteiger partial charge in [-0.25, -0.2) is 4.98 Å². The number of hydrogen-bond acceptors (Lipinski definition) is 6. The lowest BCUT2D eigenvalue weighted by molar-refractivity contribution is -0.133. The number of carbonyl (C=O) groups excluding carboxylic acids is 1. The first kappa shape index (κ1) is 19.2. The second-order valence-electron chi connectivity index (χ2n) is 8.35. The van der Waals surface area contributed by atoms with Crippen molar-refractivity contribution in [2.75, 3.05) is 26.2 Å². The van der Waals surface area contributed by atoms with Gasteiger partial charge in [0.1, 0.15) is 12.4 Å². The Hall–Kier alpha value is -2.81. The molecule has 0 atom stereocenters. The maximum Gasteiger partial charge on any atom is 0.297 e. The van der Waals surface area contributed by atoms with E-state index in [2.05, 4.69) is 20.1 Å². The van der Waals surface area contributed by atoms with Crippen molar-refractivity contribution in [3.63, 3.8) is 0 Å². The molecule has 9 heteroatoms. The van der Waals surface area contributed by atoms with Crippen LogP contribution in [0.4, 0.5) is 0 Å². The summed E-state index contributed by atoms with van der Waals surface area (Å²) in [4.78, 5) is 35.1. The number of fused-ring (bicyclic) bond motifs is 3. The zero-order valence-electron chi connectivity index (χ0n) is 17.3. The van der Waals surface area contributed by atoms with Crippen LogP contribution in [0.3, 0.4) is 0 Å². The molecule has 0 saturated carbocycles. The molecule has 3 aromatic rings. The Morgan fingerprint density at radius 3 is 2.60 bits per heavy atom. The topological polar surface area (TPSA) is 88.6 Å². The van der Waals surface area contributed by atoms with Crippen LogP contribution >= 0.6 is 0 Å². The minimum absolute atomic E-state index is 0.00217. The molecule has 5 heterocycles. The van der Waals surface area contributed by atoms with Crippen molar-refractivity contribution < 1.29 is 4.79 Å². The molecule has 0 N–H and O–H groups in total. The molecule has 0 aliphatic carbocycles. The molecule has 0 aromatic carbocycles. The van der Waals surface area contributed by atoms with E-state index in [1.54, 1.807) is 23.6 Å². The van der Waals surface area contributed by atoms with Crippen LogP contribution in [-0.4, -0.2) is 72.1 Å². The lowest BCUT2D eigenvalue weighted by Gasteiger charge is -2.40. The molecule has 5 rings (SSSR count). The Bertz CT molecular complexity index is 1140. The van der Waals surface area contributed by atoms with Crippen molar-refractivity contribution in [1.82, 2.24) is 33.9 Å². The second kappa shape index (κ2) is 7.79. The van der Waals surface area contributed by atoms with Crippen LogP contribution in [0.5, 0.6) is 0 Å². The van der Waals surface area contributed by atoms with E-state index in [4.69, 9.17) is 0 Å². The Balaban J connectivity index is 1.37. The Morgan fingerprint density at radius 2 is 1.83 bits per heavy atom. The minimum Gasteiger partial charge on any atom is -0.341 e. The third kappa shape index (κ3) is 3.27. The molecule has 158 valence electrons. The van der Waals surface area contributed by atoms with Gasteiger partial charge in [-0.1, -0.05) is 6.42 Å². The highest BCUT2D eigenvalue weighted by molar-refractivity contribution is 5.80. The maximum atomic E-state index is 13.1. The molecule has 0 radical (unpaired) electrons. The molecule has 0 bridgehead atoms. The van der Waals surface area contributed by atoms with Crippen molar-refractivity contribution in [1.29, 1.82) is 0 Å². The van der Waals surface area contributed by atoms with Crippen molar-refractivity contribution >= 4 is 22.7 Å². The van der Waals surface area contributed by atoms with Crippen molar-refractivity contribution in [2.45, 2.75) is 51.6 Å². The molecule has 2 aliphatic heterocycles. The molecular weight excluding hydrogens is 382 g/mol. The number of nitrogens with zero attached hydrogens (tertiary/aromatic N) is 7. The van der Waals surface area contributed by atoms with Gasteiger partial charge < -0.3 is 9.80 Å². The number of rotatable bonds is 3. The van der Waals surface area contributed by atoms with Gasteiger partial charge >= 0.3 is 0 Å². The summed E-state index contributed by atoms with van der Waals surface area (Å²) < 4.78 is 3.15. The fraction of sp³-hybridized carbons (Fsp3) is 0.571. The minimum atomic E-state index is -0.312. The monoisotopic (exact) mass is 409 g/mol. The van der Waals surface area contributed by atoms with E-state index < -0.39 is 0 Å². The highest BCUT2D eigenvalue weighted by Gasteiger charge is 2.28. The number of pyridine rings is 1. The number of aromatic nitrogens is 5. The van der Waals surface area contributed by atoms with Gasteiger partial charge in [0.05, 0.1) is 5.52 Å². The summed E-state index contributed by atoms with van der Waals surface area (Å²) in [6.45, 7) is 5.65. The normalized spacial score (nSPS) is 19.0. The number of aryl methyl sites for hydroxylation is 1. The van der Waals surface area contributed by atoms with Gasteiger partial charge in [0.15, 0.2) is 5.65 Å². The third-order valence-electron chi connectivity index (χ3n) is 6.55. The van der Waals surface area contributed by atoms with E-state index in [1.807, 2.05) is 11.0 Å². The summed E-state index contributed by atoms with van der Waals surface area (Å²) in [5, 5.41) is 8.05. The zero-order chi connectivity index (χ0) is 20.7. The van der Waals surface area contributed by atoms with Crippen LogP contribution in [0.25, 0.3) is 16.8 Å². The predicted molar refractivity (Wildman–Crippen MR) is 112 cm³/mol. The fourth-order valence-electron chi connectivity index (χ4n) is 4.91. The summed E-state index contributed by atoms with van der Waals surface area (Å²) in [7, 11) is 0. The highest BCUT2D eigenvalue weighted by atomic mass is 16.2. The quantitative estimate of drug-likeness (QED) is 0.646. The van der Waals surface area contributed by atoms with Crippen LogP contribution in [0.15, 0.2) is 23.1 Å². The van der Waals surface area contributed by atoms with Gasteiger partial charge in [-0.2, -0.15) is 0 Å². The van der Waals surface area contributed by atoms with E-state index >= 15 is 0 Å². The molecule has 2 saturated heterocycles. The summed E-state index contributed by atoms with van der Waals surface area (Å²) in [6, 6.07) is 4.18. The zero-order valence-corrected chi connectivity index (χ0v) is 17.3. The van der Waals surface area contributed by atoms with E-state index in [1.165, 1.54) is 36.9 Å². The molecular formula is C21H27N7O2. The number of carbonyl (C=O) groups is 1. The molecule has 30 heavy (non-hydrogen) atoms. The number of likely N-dealkylation sites (tertiary alicyclic amines) is 2. The van der Waals surface area contributed by atoms with Crippen molar-refractivity contribution in [3.05, 3.63) is 34.5 Å². The lowest BCUT2D eigenvalue weighted by Crippen LogP contribution is -2.49. The van der Waals surface area contributed by atoms with E-state index in [0.29, 0.717) is 23.0 Å². The van der Waals surface area contributed by atoms with Crippen molar-refractivity contribution in [3.8, 4) is 0 Å². The Morgan fingerprint density at radius 1 is 1.07 bits per heavy atom. The average molecular weight is 409 g/mol. The largest absolute Gasteiger partial charge is 0.341 e. The summed E-state index contributed by atoms with van der Waals surface area (Å²) >= 11 is 0. The maximum absolute atomic E-state index is 13.1. The fourth-order valence-corrected chi connectivity index (χ4v) is 4.91. The number of hydrogen-bond donors (Lipinski definition) is 0. The van der Waals surface area contributed by atoms with Crippen LogP contribution in [0.2, 0.25) is 0 Å². The van der Waals surface area contributed by atoms with Crippen LogP contribution in [-0.2, 0) is 11.3 Å². The number of amides is 1. The van der Waals surface area contributed by atoms with E-state index in [9.17, 15) is 9.59 Å². The SMILES string of the molecule is Cc1nnc2c(=O)n(CC(=O)N3CCC(N4CCCCC4)CC3)c3cccnc3n12. The Kier molecular flexibility index (Phi) is 4.98. The molecule has 0 spiro atoms. The second-order valence-corrected chi connectivity index (χ2v) is 8.35. The third-order valence-corrected chi connectivity index (χ3v) is 6.55. The smallest absolute Gasteiger partial charge is 0.297 e. The number of piperidine rings is 2. The van der Waals surface area contributed by atoms with Gasteiger partial charge in [0, 0.05) is 25.3 Å². The molecule has 1 amide bonds. The highest BCUT2D eigenvalue weighted by Crippen LogP contribution is 2.21. The molecule has 2 fully saturated rings. The first-order chi connectivity index (χ1) is 14.6. The van der Waals surface area contributed by atoms with Gasteiger partial charge in [0.25, 0.3) is 5.56 Å². The van der Waals surface area contributed by atoms with Crippen LogP contribution < -0.4 is 5.56 Å². The van der Waals surface area contributed by atoms with Gasteiger partial charge in [-0.05, 0) is 57.8 Å². The van der Waals surface area contributed by atoms with Gasteiger partial charge in [0.2, 0.25) is 11.6 Å². The van der Waals surface area contributed by atoms with Crippen LogP contribution in [0.1, 0.15) is 37.9 Å². The Labute approximate surface area is 174 Å². The van der Waals surface area contributed by atoms with E-state index in [-0.39, 0.29) is 23.7 Å². The van der Waals surface area contributed by atoms with Gasteiger partial charge in [-0.3, -0.25) is 18.6 Å². The van der Waals surface area contributed by atoms with Crippen molar-refractivity contribution in [2.24, 2.45) is 0 Å².